The molecule has 1 rings (SSSR count). The molecule has 1 aromatic carbocycles. The third kappa shape index (κ3) is 2.19. The largest absolute Gasteiger partial charge is 0.740 e. The molecule has 12 heavy (non-hydrogen) atoms. The van der Waals surface area contributed by atoms with E-state index in [9.17, 15) is 8.76 Å². The molecule has 0 aliphatic heterocycles. The summed E-state index contributed by atoms with van der Waals surface area (Å²) in [6, 6.07) is 6.10. The Balaban J connectivity index is 2.89. The van der Waals surface area contributed by atoms with Gasteiger partial charge >= 0.3 is 0 Å². The molecule has 0 heterocycles. The van der Waals surface area contributed by atoms with Crippen LogP contribution in [0.2, 0.25) is 0 Å². The molecule has 5 nitrogen and oxygen atoms in total. The number of para-hydroxylation sites is 2. The maximum atomic E-state index is 10.1. The lowest BCUT2D eigenvalue weighted by molar-refractivity contribution is 0.383. The lowest BCUT2D eigenvalue weighted by atomic mass is 10.3. The van der Waals surface area contributed by atoms with Gasteiger partial charge in [0.25, 0.3) is 0 Å². The number of hydrogen-bond donors (Lipinski definition) is 2. The fraction of sp³-hybridized carbons (Fsp3) is 0. The first-order valence-electron chi connectivity index (χ1n) is 3.01. The Morgan fingerprint density at radius 2 is 2.17 bits per heavy atom. The van der Waals surface area contributed by atoms with Gasteiger partial charge in [-0.1, -0.05) is 12.1 Å². The van der Waals surface area contributed by atoms with Crippen LogP contribution >= 0.6 is 0 Å². The van der Waals surface area contributed by atoms with E-state index < -0.39 is 11.4 Å². The van der Waals surface area contributed by atoms with Crippen molar-refractivity contribution in [1.29, 1.82) is 0 Å². The molecule has 0 radical (unpaired) electrons. The third-order valence-electron chi connectivity index (χ3n) is 1.17. The highest BCUT2D eigenvalue weighted by molar-refractivity contribution is 7.74. The van der Waals surface area contributed by atoms with E-state index in [2.05, 4.69) is 4.18 Å². The standard InChI is InChI=1S/C6H7NO4S/c8-7-5-3-1-2-4-6(5)11-12(9)10/h1-4,7-8H,(H,9,10)/p-1. The van der Waals surface area contributed by atoms with Crippen molar-refractivity contribution in [3.63, 3.8) is 0 Å². The van der Waals surface area contributed by atoms with Gasteiger partial charge in [0, 0.05) is 0 Å². The third-order valence-corrected chi connectivity index (χ3v) is 1.48. The van der Waals surface area contributed by atoms with E-state index in [-0.39, 0.29) is 11.4 Å². The van der Waals surface area contributed by atoms with Crippen LogP contribution in [-0.4, -0.2) is 14.0 Å². The zero-order chi connectivity index (χ0) is 8.97. The maximum absolute atomic E-state index is 10.1. The summed E-state index contributed by atoms with van der Waals surface area (Å²) in [6.45, 7) is 0. The van der Waals surface area contributed by atoms with Gasteiger partial charge in [-0.15, -0.1) is 0 Å². The molecule has 0 aromatic heterocycles. The normalized spacial score (nSPS) is 12.2. The Morgan fingerprint density at radius 3 is 2.75 bits per heavy atom. The zero-order valence-electron chi connectivity index (χ0n) is 5.89. The van der Waals surface area contributed by atoms with Crippen LogP contribution in [0.25, 0.3) is 0 Å². The van der Waals surface area contributed by atoms with Crippen molar-refractivity contribution in [2.45, 2.75) is 0 Å². The molecular formula is C6H6NO4S-. The van der Waals surface area contributed by atoms with Crippen molar-refractivity contribution in [2.75, 3.05) is 5.48 Å². The molecule has 0 saturated carbocycles. The Hall–Kier alpha value is -1.11. The molecule has 2 N–H and O–H groups in total. The van der Waals surface area contributed by atoms with Crippen molar-refractivity contribution in [2.24, 2.45) is 0 Å². The van der Waals surface area contributed by atoms with Crippen molar-refractivity contribution >= 4 is 17.0 Å². The minimum atomic E-state index is -2.63. The van der Waals surface area contributed by atoms with Crippen LogP contribution in [0.3, 0.4) is 0 Å². The lowest BCUT2D eigenvalue weighted by Gasteiger charge is -2.09. The molecular weight excluding hydrogens is 182 g/mol. The topological polar surface area (TPSA) is 81.6 Å². The van der Waals surface area contributed by atoms with Gasteiger partial charge in [0.2, 0.25) is 0 Å². The van der Waals surface area contributed by atoms with E-state index in [0.717, 1.165) is 0 Å². The average Bonchev–Trinajstić information content (AvgIpc) is 2.04. The molecule has 0 bridgehead atoms. The first-order valence-corrected chi connectivity index (χ1v) is 4.01. The predicted molar refractivity (Wildman–Crippen MR) is 41.4 cm³/mol. The van der Waals surface area contributed by atoms with Crippen molar-refractivity contribution in [1.82, 2.24) is 0 Å². The van der Waals surface area contributed by atoms with Crippen LogP contribution in [0.1, 0.15) is 0 Å². The average molecular weight is 188 g/mol. The number of nitrogens with one attached hydrogen (secondary N) is 1. The second-order valence-corrected chi connectivity index (χ2v) is 2.47. The summed E-state index contributed by atoms with van der Waals surface area (Å²) in [5, 5.41) is 8.50. The van der Waals surface area contributed by atoms with E-state index >= 15 is 0 Å². The monoisotopic (exact) mass is 188 g/mol. The Bertz CT molecular complexity index is 291. The van der Waals surface area contributed by atoms with E-state index in [0.29, 0.717) is 0 Å². The van der Waals surface area contributed by atoms with Crippen molar-refractivity contribution < 1.29 is 18.2 Å². The quantitative estimate of drug-likeness (QED) is 0.538. The molecule has 1 aromatic rings. The number of benzene rings is 1. The molecule has 6 heteroatoms. The minimum absolute atomic E-state index is 0.0494. The minimum Gasteiger partial charge on any atom is -0.740 e. The van der Waals surface area contributed by atoms with Gasteiger partial charge in [-0.05, 0) is 12.1 Å². The van der Waals surface area contributed by atoms with Gasteiger partial charge in [-0.2, -0.15) is 0 Å². The summed E-state index contributed by atoms with van der Waals surface area (Å²) in [4.78, 5) is 0. The van der Waals surface area contributed by atoms with Crippen LogP contribution in [-0.2, 0) is 11.4 Å². The maximum Gasteiger partial charge on any atom is 0.164 e. The number of hydrogen-bond acceptors (Lipinski definition) is 5. The smallest absolute Gasteiger partial charge is 0.164 e. The highest BCUT2D eigenvalue weighted by Crippen LogP contribution is 2.22. The van der Waals surface area contributed by atoms with E-state index in [1.165, 1.54) is 12.1 Å². The van der Waals surface area contributed by atoms with Gasteiger partial charge < -0.3 is 8.74 Å². The Labute approximate surface area is 71.4 Å². The summed E-state index contributed by atoms with van der Waals surface area (Å²) in [7, 11) is 0. The van der Waals surface area contributed by atoms with E-state index in [4.69, 9.17) is 5.21 Å². The van der Waals surface area contributed by atoms with E-state index in [1.807, 2.05) is 0 Å². The van der Waals surface area contributed by atoms with Crippen LogP contribution < -0.4 is 9.66 Å². The summed E-state index contributed by atoms with van der Waals surface area (Å²) < 4.78 is 24.5. The van der Waals surface area contributed by atoms with Gasteiger partial charge in [-0.25, -0.2) is 4.21 Å². The second-order valence-electron chi connectivity index (χ2n) is 1.90. The molecule has 0 fully saturated rings. The molecule has 0 aliphatic carbocycles. The zero-order valence-corrected chi connectivity index (χ0v) is 6.71. The lowest BCUT2D eigenvalue weighted by Crippen LogP contribution is -2.01. The van der Waals surface area contributed by atoms with E-state index in [1.54, 1.807) is 17.6 Å². The SMILES string of the molecule is O=S([O-])Oc1ccccc1NO. The number of rotatable bonds is 3. The molecule has 0 aliphatic rings. The highest BCUT2D eigenvalue weighted by atomic mass is 32.2. The van der Waals surface area contributed by atoms with Gasteiger partial charge in [0.15, 0.2) is 5.75 Å². The van der Waals surface area contributed by atoms with Gasteiger partial charge in [0.1, 0.15) is 17.0 Å². The predicted octanol–water partition coefficient (Wildman–Crippen LogP) is 0.661. The van der Waals surface area contributed by atoms with Gasteiger partial charge in [0.05, 0.1) is 0 Å². The summed E-state index contributed by atoms with van der Waals surface area (Å²) in [6.07, 6.45) is 0. The van der Waals surface area contributed by atoms with Gasteiger partial charge in [-0.3, -0.25) is 10.7 Å². The molecule has 66 valence electrons. The summed E-state index contributed by atoms with van der Waals surface area (Å²) in [5.74, 6) is 0.0494. The second kappa shape index (κ2) is 4.05. The molecule has 0 saturated heterocycles. The van der Waals surface area contributed by atoms with Crippen LogP contribution in [0.5, 0.6) is 5.75 Å². The van der Waals surface area contributed by atoms with Crippen molar-refractivity contribution in [3.8, 4) is 5.75 Å². The summed E-state index contributed by atoms with van der Waals surface area (Å²) >= 11 is -2.63. The number of anilines is 1. The Morgan fingerprint density at radius 1 is 1.50 bits per heavy atom. The molecule has 1 unspecified atom stereocenters. The van der Waals surface area contributed by atoms with Crippen LogP contribution in [0.4, 0.5) is 5.69 Å². The molecule has 0 spiro atoms. The van der Waals surface area contributed by atoms with Crippen LogP contribution in [0.15, 0.2) is 24.3 Å². The van der Waals surface area contributed by atoms with Crippen molar-refractivity contribution in [3.05, 3.63) is 24.3 Å². The molecule has 1 atom stereocenters. The van der Waals surface area contributed by atoms with Crippen LogP contribution in [0, 0.1) is 0 Å². The first kappa shape index (κ1) is 8.98. The Kier molecular flexibility index (Phi) is 3.03. The molecule has 0 amide bonds. The highest BCUT2D eigenvalue weighted by Gasteiger charge is 2.00. The fourth-order valence-electron chi connectivity index (χ4n) is 0.705. The fourth-order valence-corrected chi connectivity index (χ4v) is 0.997. The summed E-state index contributed by atoms with van der Waals surface area (Å²) in [5.41, 5.74) is 2.00. The first-order chi connectivity index (χ1) is 5.74.